The summed E-state index contributed by atoms with van der Waals surface area (Å²) in [6.45, 7) is 17.6. The highest BCUT2D eigenvalue weighted by Gasteiger charge is 2.34. The van der Waals surface area contributed by atoms with E-state index < -0.39 is 17.7 Å². The van der Waals surface area contributed by atoms with Crippen molar-refractivity contribution in [2.75, 3.05) is 5.43 Å². The standard InChI is InChI=1S/C31H38N2O4/c1-17-10-12-23(14-19(17)3)25-21(5)26(24-13-11-18(2)20(4)15-24)28(33-32-16-34)22(6)27(25)29(30(35)36)37-31(7,8)9/h10-16,29,33H,1-9H3,(H,32,34)(H,35,36). The minimum Gasteiger partial charge on any atom is -0.479 e. The number of carbonyl (C=O) groups is 2. The number of carbonyl (C=O) groups excluding carboxylic acids is 1. The van der Waals surface area contributed by atoms with Gasteiger partial charge in [-0.15, -0.1) is 0 Å². The van der Waals surface area contributed by atoms with Gasteiger partial charge in [0, 0.05) is 11.1 Å². The second-order valence-electron chi connectivity index (χ2n) is 10.7. The summed E-state index contributed by atoms with van der Waals surface area (Å²) in [7, 11) is 0. The molecule has 37 heavy (non-hydrogen) atoms. The average Bonchev–Trinajstić information content (AvgIpc) is 2.81. The molecule has 0 aliphatic heterocycles. The molecular formula is C31H38N2O4. The first-order chi connectivity index (χ1) is 17.3. The first kappa shape index (κ1) is 27.9. The highest BCUT2D eigenvalue weighted by Crippen LogP contribution is 2.47. The van der Waals surface area contributed by atoms with E-state index in [4.69, 9.17) is 4.74 Å². The second-order valence-corrected chi connectivity index (χ2v) is 10.7. The molecule has 0 heterocycles. The van der Waals surface area contributed by atoms with Crippen molar-refractivity contribution in [2.45, 2.75) is 74.0 Å². The molecule has 1 atom stereocenters. The Balaban J connectivity index is 2.53. The smallest absolute Gasteiger partial charge is 0.337 e. The number of anilines is 1. The van der Waals surface area contributed by atoms with Crippen LogP contribution in [0.25, 0.3) is 22.3 Å². The van der Waals surface area contributed by atoms with Crippen LogP contribution in [0.3, 0.4) is 0 Å². The van der Waals surface area contributed by atoms with Crippen molar-refractivity contribution in [1.29, 1.82) is 0 Å². The molecule has 1 unspecified atom stereocenters. The second kappa shape index (κ2) is 10.8. The minimum absolute atomic E-state index is 0.561. The predicted octanol–water partition coefficient (Wildman–Crippen LogP) is 6.88. The fraction of sp³-hybridized carbons (Fsp3) is 0.355. The highest BCUT2D eigenvalue weighted by molar-refractivity contribution is 5.94. The molecule has 0 aromatic heterocycles. The summed E-state index contributed by atoms with van der Waals surface area (Å²) in [5.41, 5.74) is 15.9. The van der Waals surface area contributed by atoms with Crippen LogP contribution in [0.2, 0.25) is 0 Å². The molecule has 3 N–H and O–H groups in total. The Kier molecular flexibility index (Phi) is 8.13. The number of carboxylic acid groups (broad SMARTS) is 1. The van der Waals surface area contributed by atoms with Gasteiger partial charge in [0.15, 0.2) is 6.10 Å². The molecule has 0 radical (unpaired) electrons. The van der Waals surface area contributed by atoms with Crippen molar-refractivity contribution >= 4 is 18.1 Å². The van der Waals surface area contributed by atoms with E-state index >= 15 is 0 Å². The molecule has 3 rings (SSSR count). The van der Waals surface area contributed by atoms with E-state index in [1.54, 1.807) is 0 Å². The van der Waals surface area contributed by atoms with Crippen molar-refractivity contribution in [3.63, 3.8) is 0 Å². The number of amides is 1. The van der Waals surface area contributed by atoms with Crippen molar-refractivity contribution < 1.29 is 19.4 Å². The Morgan fingerprint density at radius 3 is 1.78 bits per heavy atom. The summed E-state index contributed by atoms with van der Waals surface area (Å²) in [5.74, 6) is -1.07. The van der Waals surface area contributed by atoms with Gasteiger partial charge in [-0.05, 0) is 112 Å². The summed E-state index contributed by atoms with van der Waals surface area (Å²) in [4.78, 5) is 24.0. The zero-order valence-electron chi connectivity index (χ0n) is 23.3. The van der Waals surface area contributed by atoms with E-state index in [0.29, 0.717) is 23.2 Å². The van der Waals surface area contributed by atoms with Crippen LogP contribution in [-0.2, 0) is 14.3 Å². The number of aryl methyl sites for hydroxylation is 4. The Morgan fingerprint density at radius 2 is 1.35 bits per heavy atom. The fourth-order valence-electron chi connectivity index (χ4n) is 4.72. The van der Waals surface area contributed by atoms with Gasteiger partial charge in [-0.2, -0.15) is 0 Å². The Labute approximate surface area is 220 Å². The third-order valence-corrected chi connectivity index (χ3v) is 6.85. The van der Waals surface area contributed by atoms with Gasteiger partial charge in [0.25, 0.3) is 0 Å². The van der Waals surface area contributed by atoms with Crippen LogP contribution in [0, 0.1) is 41.5 Å². The van der Waals surface area contributed by atoms with Crippen LogP contribution in [-0.4, -0.2) is 23.1 Å². The van der Waals surface area contributed by atoms with E-state index in [1.165, 1.54) is 5.56 Å². The topological polar surface area (TPSA) is 87.7 Å². The number of ether oxygens (including phenoxy) is 1. The molecule has 0 bridgehead atoms. The third-order valence-electron chi connectivity index (χ3n) is 6.85. The number of hydrogen-bond acceptors (Lipinski definition) is 4. The predicted molar refractivity (Wildman–Crippen MR) is 150 cm³/mol. The van der Waals surface area contributed by atoms with Gasteiger partial charge < -0.3 is 9.84 Å². The summed E-state index contributed by atoms with van der Waals surface area (Å²) >= 11 is 0. The SMILES string of the molecule is Cc1ccc(-c2c(C)c(-c3ccc(C)c(C)c3)c(C(OC(C)(C)C)C(=O)O)c(C)c2NNC=O)cc1C. The first-order valence-corrected chi connectivity index (χ1v) is 12.4. The maximum absolute atomic E-state index is 12.7. The van der Waals surface area contributed by atoms with E-state index in [1.807, 2.05) is 40.7 Å². The largest absolute Gasteiger partial charge is 0.479 e. The van der Waals surface area contributed by atoms with Crippen molar-refractivity contribution in [3.8, 4) is 22.3 Å². The van der Waals surface area contributed by atoms with Crippen LogP contribution < -0.4 is 10.9 Å². The van der Waals surface area contributed by atoms with Gasteiger partial charge >= 0.3 is 5.97 Å². The molecule has 6 nitrogen and oxygen atoms in total. The minimum atomic E-state index is -1.22. The zero-order chi connectivity index (χ0) is 27.7. The number of hydrazine groups is 1. The molecule has 0 saturated heterocycles. The zero-order valence-corrected chi connectivity index (χ0v) is 23.3. The van der Waals surface area contributed by atoms with Gasteiger partial charge in [-0.25, -0.2) is 4.79 Å². The normalized spacial score (nSPS) is 12.2. The molecule has 0 saturated carbocycles. The Morgan fingerprint density at radius 1 is 0.838 bits per heavy atom. The van der Waals surface area contributed by atoms with Crippen molar-refractivity contribution in [1.82, 2.24) is 5.43 Å². The summed E-state index contributed by atoms with van der Waals surface area (Å²) in [5, 5.41) is 10.4. The number of rotatable bonds is 8. The van der Waals surface area contributed by atoms with Gasteiger partial charge in [0.05, 0.1) is 11.3 Å². The van der Waals surface area contributed by atoms with Crippen LogP contribution >= 0.6 is 0 Å². The van der Waals surface area contributed by atoms with Gasteiger partial charge in [0.2, 0.25) is 6.41 Å². The molecule has 3 aromatic carbocycles. The Bertz CT molecular complexity index is 1350. The van der Waals surface area contributed by atoms with E-state index in [-0.39, 0.29) is 0 Å². The lowest BCUT2D eigenvalue weighted by atomic mass is 9.81. The van der Waals surface area contributed by atoms with Crippen molar-refractivity contribution in [2.24, 2.45) is 0 Å². The first-order valence-electron chi connectivity index (χ1n) is 12.4. The van der Waals surface area contributed by atoms with Crippen LogP contribution in [0.1, 0.15) is 65.8 Å². The number of hydrogen-bond donors (Lipinski definition) is 3. The lowest BCUT2D eigenvalue weighted by molar-refractivity contribution is -0.160. The lowest BCUT2D eigenvalue weighted by Gasteiger charge is -2.31. The molecule has 3 aromatic rings. The third kappa shape index (κ3) is 5.86. The average molecular weight is 503 g/mol. The number of carboxylic acids is 1. The van der Waals surface area contributed by atoms with E-state index in [2.05, 4.69) is 68.9 Å². The summed E-state index contributed by atoms with van der Waals surface area (Å²) < 4.78 is 6.16. The molecular weight excluding hydrogens is 464 g/mol. The molecule has 1 amide bonds. The molecule has 0 aliphatic rings. The van der Waals surface area contributed by atoms with Gasteiger partial charge in [0.1, 0.15) is 0 Å². The van der Waals surface area contributed by atoms with Gasteiger partial charge in [-0.3, -0.25) is 15.6 Å². The maximum Gasteiger partial charge on any atom is 0.337 e. The van der Waals surface area contributed by atoms with Crippen molar-refractivity contribution in [3.05, 3.63) is 75.3 Å². The summed E-state index contributed by atoms with van der Waals surface area (Å²) in [6.07, 6.45) is -0.656. The van der Waals surface area contributed by atoms with Crippen LogP contribution in [0.5, 0.6) is 0 Å². The quantitative estimate of drug-likeness (QED) is 0.231. The molecule has 0 spiro atoms. The van der Waals surface area contributed by atoms with E-state index in [0.717, 1.165) is 44.5 Å². The monoisotopic (exact) mass is 502 g/mol. The highest BCUT2D eigenvalue weighted by atomic mass is 16.5. The lowest BCUT2D eigenvalue weighted by Crippen LogP contribution is -2.29. The number of aliphatic carboxylic acids is 1. The number of benzene rings is 3. The fourth-order valence-corrected chi connectivity index (χ4v) is 4.72. The van der Waals surface area contributed by atoms with E-state index in [9.17, 15) is 14.7 Å². The van der Waals surface area contributed by atoms with Crippen LogP contribution in [0.4, 0.5) is 5.69 Å². The maximum atomic E-state index is 12.7. The summed E-state index contributed by atoms with van der Waals surface area (Å²) in [6, 6.07) is 12.4. The molecule has 0 fully saturated rings. The Hall–Kier alpha value is -3.64. The molecule has 0 aliphatic carbocycles. The van der Waals surface area contributed by atoms with Gasteiger partial charge in [-0.1, -0.05) is 36.4 Å². The van der Waals surface area contributed by atoms with Crippen LogP contribution in [0.15, 0.2) is 36.4 Å². The molecule has 6 heteroatoms. The number of nitrogens with one attached hydrogen (secondary N) is 2. The molecule has 196 valence electrons.